The third kappa shape index (κ3) is 2.69. The molecule has 3 rings (SSSR count). The van der Waals surface area contributed by atoms with Gasteiger partial charge in [0.15, 0.2) is 5.82 Å². The van der Waals surface area contributed by atoms with Crippen molar-refractivity contribution in [2.75, 3.05) is 12.4 Å². The van der Waals surface area contributed by atoms with E-state index in [9.17, 15) is 0 Å². The number of nitrogens with zero attached hydrogens (tertiary/aromatic N) is 4. The molecule has 1 fully saturated rings. The van der Waals surface area contributed by atoms with Crippen molar-refractivity contribution in [2.24, 2.45) is 0 Å². The molecular weight excluding hydrogens is 330 g/mol. The summed E-state index contributed by atoms with van der Waals surface area (Å²) in [7, 11) is 1.88. The van der Waals surface area contributed by atoms with Gasteiger partial charge in [-0.05, 0) is 28.8 Å². The second kappa shape index (κ2) is 5.09. The standard InChI is InChI=1S/C15H20BrN5/c1-15(2,3)12-11(16)14(17-4)20-13(19-12)10-7-18-8-21(10)9-5-6-9/h7-9H,5-6H2,1-4H3,(H,17,19,20). The monoisotopic (exact) mass is 349 g/mol. The van der Waals surface area contributed by atoms with Crippen LogP contribution in [0.15, 0.2) is 17.0 Å². The Kier molecular flexibility index (Phi) is 3.51. The second-order valence-corrected chi connectivity index (χ2v) is 7.27. The molecule has 21 heavy (non-hydrogen) atoms. The highest BCUT2D eigenvalue weighted by Gasteiger charge is 2.28. The van der Waals surface area contributed by atoms with Gasteiger partial charge in [-0.25, -0.2) is 15.0 Å². The maximum Gasteiger partial charge on any atom is 0.180 e. The van der Waals surface area contributed by atoms with E-state index in [0.717, 1.165) is 27.5 Å². The Morgan fingerprint density at radius 1 is 1.29 bits per heavy atom. The Morgan fingerprint density at radius 2 is 2.00 bits per heavy atom. The fourth-order valence-corrected chi connectivity index (χ4v) is 3.32. The first-order chi connectivity index (χ1) is 9.91. The van der Waals surface area contributed by atoms with Crippen molar-refractivity contribution in [1.82, 2.24) is 19.5 Å². The van der Waals surface area contributed by atoms with Crippen molar-refractivity contribution in [2.45, 2.75) is 45.1 Å². The fourth-order valence-electron chi connectivity index (χ4n) is 2.35. The minimum Gasteiger partial charge on any atom is -0.372 e. The van der Waals surface area contributed by atoms with E-state index in [1.165, 1.54) is 12.8 Å². The number of hydrogen-bond acceptors (Lipinski definition) is 4. The zero-order chi connectivity index (χ0) is 15.2. The molecule has 0 radical (unpaired) electrons. The van der Waals surface area contributed by atoms with E-state index < -0.39 is 0 Å². The third-order valence-electron chi connectivity index (χ3n) is 3.63. The Hall–Kier alpha value is -1.43. The Balaban J connectivity index is 2.16. The van der Waals surface area contributed by atoms with Gasteiger partial charge in [0, 0.05) is 18.5 Å². The average molecular weight is 350 g/mol. The quantitative estimate of drug-likeness (QED) is 0.915. The van der Waals surface area contributed by atoms with Crippen LogP contribution in [0.4, 0.5) is 5.82 Å². The molecule has 112 valence electrons. The molecule has 1 saturated carbocycles. The van der Waals surface area contributed by atoms with Crippen LogP contribution >= 0.6 is 15.9 Å². The predicted molar refractivity (Wildman–Crippen MR) is 87.5 cm³/mol. The molecule has 1 N–H and O–H groups in total. The van der Waals surface area contributed by atoms with Crippen LogP contribution in [0.2, 0.25) is 0 Å². The van der Waals surface area contributed by atoms with E-state index >= 15 is 0 Å². The van der Waals surface area contributed by atoms with Crippen molar-refractivity contribution in [1.29, 1.82) is 0 Å². The van der Waals surface area contributed by atoms with Gasteiger partial charge in [-0.1, -0.05) is 20.8 Å². The maximum absolute atomic E-state index is 4.81. The van der Waals surface area contributed by atoms with Gasteiger partial charge < -0.3 is 9.88 Å². The van der Waals surface area contributed by atoms with Gasteiger partial charge in [0.05, 0.1) is 22.7 Å². The number of nitrogens with one attached hydrogen (secondary N) is 1. The molecule has 0 unspecified atom stereocenters. The summed E-state index contributed by atoms with van der Waals surface area (Å²) in [6.07, 6.45) is 6.16. The zero-order valence-electron chi connectivity index (χ0n) is 12.8. The zero-order valence-corrected chi connectivity index (χ0v) is 14.4. The van der Waals surface area contributed by atoms with E-state index in [2.05, 4.69) is 56.6 Å². The fraction of sp³-hybridized carbons (Fsp3) is 0.533. The van der Waals surface area contributed by atoms with Crippen molar-refractivity contribution in [3.05, 3.63) is 22.7 Å². The highest BCUT2D eigenvalue weighted by molar-refractivity contribution is 9.10. The lowest BCUT2D eigenvalue weighted by atomic mass is 9.92. The molecule has 0 bridgehead atoms. The molecule has 2 aromatic rings. The lowest BCUT2D eigenvalue weighted by Gasteiger charge is -2.21. The molecular formula is C15H20BrN5. The molecule has 0 amide bonds. The van der Waals surface area contributed by atoms with Gasteiger partial charge in [-0.15, -0.1) is 0 Å². The Labute approximate surface area is 133 Å². The van der Waals surface area contributed by atoms with Crippen LogP contribution in [0.1, 0.15) is 45.3 Å². The van der Waals surface area contributed by atoms with Crippen molar-refractivity contribution in [3.8, 4) is 11.5 Å². The Morgan fingerprint density at radius 3 is 2.57 bits per heavy atom. The van der Waals surface area contributed by atoms with E-state index in [4.69, 9.17) is 4.98 Å². The van der Waals surface area contributed by atoms with E-state index in [-0.39, 0.29) is 5.41 Å². The topological polar surface area (TPSA) is 55.6 Å². The molecule has 0 atom stereocenters. The van der Waals surface area contributed by atoms with E-state index in [1.807, 2.05) is 19.6 Å². The highest BCUT2D eigenvalue weighted by Crippen LogP contribution is 2.39. The van der Waals surface area contributed by atoms with Gasteiger partial charge in [-0.3, -0.25) is 0 Å². The highest BCUT2D eigenvalue weighted by atomic mass is 79.9. The van der Waals surface area contributed by atoms with Crippen LogP contribution in [0.25, 0.3) is 11.5 Å². The maximum atomic E-state index is 4.81. The van der Waals surface area contributed by atoms with Crippen LogP contribution < -0.4 is 5.32 Å². The number of anilines is 1. The summed E-state index contributed by atoms with van der Waals surface area (Å²) in [5, 5.41) is 3.15. The molecule has 2 aromatic heterocycles. The van der Waals surface area contributed by atoms with Crippen LogP contribution in [0.3, 0.4) is 0 Å². The summed E-state index contributed by atoms with van der Waals surface area (Å²) in [4.78, 5) is 13.7. The summed E-state index contributed by atoms with van der Waals surface area (Å²) in [5.74, 6) is 1.55. The smallest absolute Gasteiger partial charge is 0.180 e. The summed E-state index contributed by atoms with van der Waals surface area (Å²) < 4.78 is 3.12. The number of hydrogen-bond donors (Lipinski definition) is 1. The molecule has 6 heteroatoms. The van der Waals surface area contributed by atoms with Crippen molar-refractivity contribution >= 4 is 21.7 Å². The summed E-state index contributed by atoms with van der Waals surface area (Å²) in [6.45, 7) is 6.46. The van der Waals surface area contributed by atoms with Gasteiger partial charge >= 0.3 is 0 Å². The second-order valence-electron chi connectivity index (χ2n) is 6.48. The van der Waals surface area contributed by atoms with Crippen LogP contribution in [-0.4, -0.2) is 26.6 Å². The molecule has 0 aromatic carbocycles. The first kappa shape index (κ1) is 14.5. The molecule has 0 aliphatic heterocycles. The molecule has 1 aliphatic rings. The molecule has 0 spiro atoms. The molecule has 5 nitrogen and oxygen atoms in total. The van der Waals surface area contributed by atoms with Crippen LogP contribution in [0.5, 0.6) is 0 Å². The van der Waals surface area contributed by atoms with Gasteiger partial charge in [0.1, 0.15) is 11.5 Å². The number of imidazole rings is 1. The predicted octanol–water partition coefficient (Wildman–Crippen LogP) is 3.78. The number of aromatic nitrogens is 4. The van der Waals surface area contributed by atoms with Crippen molar-refractivity contribution in [3.63, 3.8) is 0 Å². The van der Waals surface area contributed by atoms with Crippen LogP contribution in [0, 0.1) is 0 Å². The number of rotatable bonds is 3. The first-order valence-electron chi connectivity index (χ1n) is 7.19. The summed E-state index contributed by atoms with van der Waals surface area (Å²) in [5.41, 5.74) is 1.93. The molecule has 1 aliphatic carbocycles. The minimum atomic E-state index is -0.0629. The van der Waals surface area contributed by atoms with Gasteiger partial charge in [0.25, 0.3) is 0 Å². The first-order valence-corrected chi connectivity index (χ1v) is 7.99. The minimum absolute atomic E-state index is 0.0629. The normalized spacial score (nSPS) is 15.3. The van der Waals surface area contributed by atoms with Crippen molar-refractivity contribution < 1.29 is 0 Å². The molecule has 2 heterocycles. The van der Waals surface area contributed by atoms with E-state index in [0.29, 0.717) is 6.04 Å². The van der Waals surface area contributed by atoms with E-state index in [1.54, 1.807) is 0 Å². The number of halogens is 1. The van der Waals surface area contributed by atoms with Crippen LogP contribution in [-0.2, 0) is 5.41 Å². The Bertz CT molecular complexity index is 667. The largest absolute Gasteiger partial charge is 0.372 e. The lowest BCUT2D eigenvalue weighted by Crippen LogP contribution is -2.17. The lowest BCUT2D eigenvalue weighted by molar-refractivity contribution is 0.564. The average Bonchev–Trinajstić information content (AvgIpc) is 3.15. The third-order valence-corrected chi connectivity index (χ3v) is 4.38. The summed E-state index contributed by atoms with van der Waals surface area (Å²) in [6, 6.07) is 0.561. The SMILES string of the molecule is CNc1nc(-c2cncn2C2CC2)nc(C(C)(C)C)c1Br. The molecule has 0 saturated heterocycles. The van der Waals surface area contributed by atoms with Gasteiger partial charge in [0.2, 0.25) is 0 Å². The van der Waals surface area contributed by atoms with Gasteiger partial charge in [-0.2, -0.15) is 0 Å². The summed E-state index contributed by atoms with van der Waals surface area (Å²) >= 11 is 3.62.